The summed E-state index contributed by atoms with van der Waals surface area (Å²) in [5.41, 5.74) is 0. The van der Waals surface area contributed by atoms with Gasteiger partial charge in [0.1, 0.15) is 6.04 Å². The molecule has 0 saturated carbocycles. The summed E-state index contributed by atoms with van der Waals surface area (Å²) in [7, 11) is 1.51. The lowest BCUT2D eigenvalue weighted by molar-refractivity contribution is -0.139. The normalized spacial score (nSPS) is 14.9. The minimum Gasteiger partial charge on any atom is -0.480 e. The van der Waals surface area contributed by atoms with Gasteiger partial charge in [0.05, 0.1) is 6.04 Å². The molecule has 0 fully saturated rings. The number of nitrogens with one attached hydrogen (secondary N) is 2. The number of likely N-dealkylation sites (N-methyl/N-ethyl adjacent to an activating group) is 1. The molecule has 0 rings (SSSR count). The van der Waals surface area contributed by atoms with Crippen LogP contribution in [0.4, 0.5) is 0 Å². The van der Waals surface area contributed by atoms with Crippen LogP contribution in [0.25, 0.3) is 0 Å². The molecule has 3 N–H and O–H groups in total. The molecule has 2 atom stereocenters. The molecule has 1 amide bonds. The SMILES string of the molecule is CNC(=O)C(C)NC(C)C(=O)O. The predicted octanol–water partition coefficient (Wildman–Crippen LogP) is -0.816. The molecule has 0 radical (unpaired) electrons. The lowest BCUT2D eigenvalue weighted by atomic mass is 10.2. The van der Waals surface area contributed by atoms with Crippen molar-refractivity contribution in [2.45, 2.75) is 25.9 Å². The summed E-state index contributed by atoms with van der Waals surface area (Å²) in [4.78, 5) is 21.3. The third kappa shape index (κ3) is 3.34. The van der Waals surface area contributed by atoms with Crippen LogP contribution in [0.5, 0.6) is 0 Å². The van der Waals surface area contributed by atoms with E-state index < -0.39 is 18.1 Å². The summed E-state index contributed by atoms with van der Waals surface area (Å²) in [6.45, 7) is 3.10. The first-order valence-corrected chi connectivity index (χ1v) is 3.69. The molecule has 0 aliphatic rings. The first-order chi connectivity index (χ1) is 5.49. The van der Waals surface area contributed by atoms with E-state index in [1.54, 1.807) is 6.92 Å². The van der Waals surface area contributed by atoms with E-state index in [1.165, 1.54) is 14.0 Å². The lowest BCUT2D eigenvalue weighted by Crippen LogP contribution is -2.47. The van der Waals surface area contributed by atoms with Gasteiger partial charge in [-0.25, -0.2) is 0 Å². The Kier molecular flexibility index (Phi) is 4.28. The maximum absolute atomic E-state index is 10.9. The van der Waals surface area contributed by atoms with Crippen molar-refractivity contribution < 1.29 is 14.7 Å². The van der Waals surface area contributed by atoms with E-state index in [-0.39, 0.29) is 5.91 Å². The van der Waals surface area contributed by atoms with Crippen LogP contribution in [-0.2, 0) is 9.59 Å². The Morgan fingerprint density at radius 2 is 1.75 bits per heavy atom. The van der Waals surface area contributed by atoms with Crippen molar-refractivity contribution in [2.75, 3.05) is 7.05 Å². The van der Waals surface area contributed by atoms with Gasteiger partial charge in [-0.3, -0.25) is 14.9 Å². The van der Waals surface area contributed by atoms with Crippen molar-refractivity contribution in [3.8, 4) is 0 Å². The van der Waals surface area contributed by atoms with Crippen LogP contribution in [0.3, 0.4) is 0 Å². The fourth-order valence-corrected chi connectivity index (χ4v) is 0.738. The van der Waals surface area contributed by atoms with Gasteiger partial charge in [-0.2, -0.15) is 0 Å². The zero-order valence-corrected chi connectivity index (χ0v) is 7.42. The highest BCUT2D eigenvalue weighted by molar-refractivity contribution is 5.82. The second-order valence-electron chi connectivity index (χ2n) is 2.56. The predicted molar refractivity (Wildman–Crippen MR) is 43.8 cm³/mol. The van der Waals surface area contributed by atoms with Gasteiger partial charge in [-0.05, 0) is 13.8 Å². The monoisotopic (exact) mass is 174 g/mol. The molecule has 70 valence electrons. The van der Waals surface area contributed by atoms with Crippen LogP contribution in [-0.4, -0.2) is 36.1 Å². The summed E-state index contributed by atoms with van der Waals surface area (Å²) in [5, 5.41) is 13.5. The van der Waals surface area contributed by atoms with E-state index in [4.69, 9.17) is 5.11 Å². The Balaban J connectivity index is 3.91. The molecule has 0 aliphatic carbocycles. The third-order valence-corrected chi connectivity index (χ3v) is 1.51. The van der Waals surface area contributed by atoms with Crippen molar-refractivity contribution >= 4 is 11.9 Å². The molecule has 0 aromatic carbocycles. The Hall–Kier alpha value is -1.10. The highest BCUT2D eigenvalue weighted by Crippen LogP contribution is 1.87. The molecule has 0 spiro atoms. The molecule has 0 aromatic heterocycles. The van der Waals surface area contributed by atoms with Gasteiger partial charge in [0.25, 0.3) is 0 Å². The van der Waals surface area contributed by atoms with Gasteiger partial charge in [0, 0.05) is 7.05 Å². The Bertz CT molecular complexity index is 181. The summed E-state index contributed by atoms with van der Waals surface area (Å²) >= 11 is 0. The van der Waals surface area contributed by atoms with Crippen LogP contribution < -0.4 is 10.6 Å². The third-order valence-electron chi connectivity index (χ3n) is 1.51. The molecule has 0 heterocycles. The van der Waals surface area contributed by atoms with E-state index in [0.717, 1.165) is 0 Å². The molecule has 0 aromatic rings. The summed E-state index contributed by atoms with van der Waals surface area (Å²) in [6.07, 6.45) is 0. The number of carboxylic acids is 1. The van der Waals surface area contributed by atoms with Gasteiger partial charge in [0.15, 0.2) is 0 Å². The molecule has 5 nitrogen and oxygen atoms in total. The summed E-state index contributed by atoms with van der Waals surface area (Å²) in [6, 6.07) is -1.20. The zero-order chi connectivity index (χ0) is 9.72. The molecular weight excluding hydrogens is 160 g/mol. The Labute approximate surface area is 71.1 Å². The zero-order valence-electron chi connectivity index (χ0n) is 7.42. The quantitative estimate of drug-likeness (QED) is 0.520. The minimum atomic E-state index is -0.967. The summed E-state index contributed by atoms with van der Waals surface area (Å²) in [5.74, 6) is -1.19. The van der Waals surface area contributed by atoms with Crippen LogP contribution in [0.1, 0.15) is 13.8 Å². The number of carbonyl (C=O) groups is 2. The largest absolute Gasteiger partial charge is 0.480 e. The van der Waals surface area contributed by atoms with E-state index in [1.807, 2.05) is 0 Å². The van der Waals surface area contributed by atoms with Crippen LogP contribution in [0.15, 0.2) is 0 Å². The molecule has 0 saturated heterocycles. The Morgan fingerprint density at radius 3 is 2.08 bits per heavy atom. The highest BCUT2D eigenvalue weighted by Gasteiger charge is 2.17. The lowest BCUT2D eigenvalue weighted by Gasteiger charge is -2.14. The number of carbonyl (C=O) groups excluding carboxylic acids is 1. The van der Waals surface area contributed by atoms with Crippen molar-refractivity contribution in [1.82, 2.24) is 10.6 Å². The summed E-state index contributed by atoms with van der Waals surface area (Å²) < 4.78 is 0. The molecular formula is C7H14N2O3. The average Bonchev–Trinajstić information content (AvgIpc) is 2.02. The van der Waals surface area contributed by atoms with Crippen molar-refractivity contribution in [3.63, 3.8) is 0 Å². The average molecular weight is 174 g/mol. The fourth-order valence-electron chi connectivity index (χ4n) is 0.738. The van der Waals surface area contributed by atoms with Crippen LogP contribution >= 0.6 is 0 Å². The minimum absolute atomic E-state index is 0.219. The van der Waals surface area contributed by atoms with Crippen molar-refractivity contribution in [3.05, 3.63) is 0 Å². The van der Waals surface area contributed by atoms with Gasteiger partial charge >= 0.3 is 5.97 Å². The smallest absolute Gasteiger partial charge is 0.320 e. The fraction of sp³-hybridized carbons (Fsp3) is 0.714. The number of rotatable bonds is 4. The number of hydrogen-bond acceptors (Lipinski definition) is 3. The second-order valence-corrected chi connectivity index (χ2v) is 2.56. The Morgan fingerprint density at radius 1 is 1.25 bits per heavy atom. The topological polar surface area (TPSA) is 78.4 Å². The number of hydrogen-bond donors (Lipinski definition) is 3. The highest BCUT2D eigenvalue weighted by atomic mass is 16.4. The van der Waals surface area contributed by atoms with E-state index in [2.05, 4.69) is 10.6 Å². The van der Waals surface area contributed by atoms with E-state index in [0.29, 0.717) is 0 Å². The van der Waals surface area contributed by atoms with Gasteiger partial charge in [-0.1, -0.05) is 0 Å². The number of amides is 1. The number of carboxylic acid groups (broad SMARTS) is 1. The standard InChI is InChI=1S/C7H14N2O3/c1-4(6(10)8-3)9-5(2)7(11)12/h4-5,9H,1-3H3,(H,8,10)(H,11,12). The number of aliphatic carboxylic acids is 1. The van der Waals surface area contributed by atoms with Crippen LogP contribution in [0, 0.1) is 0 Å². The van der Waals surface area contributed by atoms with Crippen LogP contribution in [0.2, 0.25) is 0 Å². The van der Waals surface area contributed by atoms with Crippen molar-refractivity contribution in [1.29, 1.82) is 0 Å². The molecule has 0 bridgehead atoms. The second kappa shape index (κ2) is 4.71. The first-order valence-electron chi connectivity index (χ1n) is 3.69. The first kappa shape index (κ1) is 10.9. The van der Waals surface area contributed by atoms with Gasteiger partial charge in [0.2, 0.25) is 5.91 Å². The maximum atomic E-state index is 10.9. The van der Waals surface area contributed by atoms with E-state index in [9.17, 15) is 9.59 Å². The molecule has 12 heavy (non-hydrogen) atoms. The maximum Gasteiger partial charge on any atom is 0.320 e. The molecule has 0 aliphatic heterocycles. The molecule has 2 unspecified atom stereocenters. The van der Waals surface area contributed by atoms with Crippen molar-refractivity contribution in [2.24, 2.45) is 0 Å². The van der Waals surface area contributed by atoms with Gasteiger partial charge in [-0.15, -0.1) is 0 Å². The van der Waals surface area contributed by atoms with Gasteiger partial charge < -0.3 is 10.4 Å². The molecule has 5 heteroatoms. The van der Waals surface area contributed by atoms with E-state index >= 15 is 0 Å².